The van der Waals surface area contributed by atoms with Crippen LogP contribution in [0.3, 0.4) is 0 Å². The van der Waals surface area contributed by atoms with Crippen LogP contribution in [0.25, 0.3) is 0 Å². The fourth-order valence-corrected chi connectivity index (χ4v) is 4.19. The molecule has 0 spiro atoms. The third kappa shape index (κ3) is 6.28. The highest BCUT2D eigenvalue weighted by Gasteiger charge is 2.39. The minimum absolute atomic E-state index is 0.213. The Kier molecular flexibility index (Phi) is 7.88. The lowest BCUT2D eigenvalue weighted by atomic mass is 9.80. The van der Waals surface area contributed by atoms with E-state index in [0.29, 0.717) is 11.7 Å². The Morgan fingerprint density at radius 2 is 1.97 bits per heavy atom. The molecule has 2 aliphatic heterocycles. The number of carbonyl (C=O) groups is 1. The van der Waals surface area contributed by atoms with Gasteiger partial charge in [0.1, 0.15) is 0 Å². The van der Waals surface area contributed by atoms with Gasteiger partial charge in [0.25, 0.3) is 0 Å². The van der Waals surface area contributed by atoms with Gasteiger partial charge in [0.15, 0.2) is 5.82 Å². The third-order valence-corrected chi connectivity index (χ3v) is 5.88. The van der Waals surface area contributed by atoms with Gasteiger partial charge in [-0.1, -0.05) is 5.16 Å². The van der Waals surface area contributed by atoms with Gasteiger partial charge in [0.2, 0.25) is 5.89 Å². The van der Waals surface area contributed by atoms with E-state index >= 15 is 0 Å². The average Bonchev–Trinajstić information content (AvgIpc) is 3.36. The molecular formula is C20H28F3N5O4. The van der Waals surface area contributed by atoms with Crippen molar-refractivity contribution in [3.63, 3.8) is 0 Å². The summed E-state index contributed by atoms with van der Waals surface area (Å²) in [4.78, 5) is 15.9. The monoisotopic (exact) mass is 459 g/mol. The Bertz CT molecular complexity index is 877. The molecule has 2 atom stereocenters. The summed E-state index contributed by atoms with van der Waals surface area (Å²) in [7, 11) is 0. The number of hydrogen-bond acceptors (Lipinski definition) is 7. The fraction of sp³-hybridized carbons (Fsp3) is 0.700. The van der Waals surface area contributed by atoms with Crippen molar-refractivity contribution in [2.45, 2.75) is 64.3 Å². The molecule has 0 aromatic carbocycles. The molecule has 2 N–H and O–H groups in total. The predicted molar refractivity (Wildman–Crippen MR) is 106 cm³/mol. The van der Waals surface area contributed by atoms with Gasteiger partial charge in [-0.05, 0) is 64.1 Å². The van der Waals surface area contributed by atoms with Gasteiger partial charge >= 0.3 is 12.1 Å². The first-order chi connectivity index (χ1) is 15.1. The quantitative estimate of drug-likeness (QED) is 0.716. The van der Waals surface area contributed by atoms with Crippen LogP contribution in [-0.2, 0) is 16.1 Å². The summed E-state index contributed by atoms with van der Waals surface area (Å²) in [6.07, 6.45) is 1.49. The Hall–Kier alpha value is -2.47. The molecule has 0 aliphatic carbocycles. The zero-order valence-corrected chi connectivity index (χ0v) is 18.1. The zero-order valence-electron chi connectivity index (χ0n) is 18.1. The van der Waals surface area contributed by atoms with Gasteiger partial charge in [-0.15, -0.1) is 0 Å². The first-order valence-electron chi connectivity index (χ1n) is 10.6. The second kappa shape index (κ2) is 10.4. The van der Waals surface area contributed by atoms with Crippen molar-refractivity contribution in [3.05, 3.63) is 29.2 Å². The summed E-state index contributed by atoms with van der Waals surface area (Å²) in [6.45, 7) is 7.98. The summed E-state index contributed by atoms with van der Waals surface area (Å²) in [6, 6.07) is 0. The average molecular weight is 459 g/mol. The molecule has 178 valence electrons. The maximum Gasteiger partial charge on any atom is 0.490 e. The molecule has 0 unspecified atom stereocenters. The summed E-state index contributed by atoms with van der Waals surface area (Å²) >= 11 is 0. The number of likely N-dealkylation sites (tertiary alicyclic amines) is 1. The van der Waals surface area contributed by atoms with Crippen LogP contribution in [0.15, 0.2) is 10.7 Å². The number of hydrogen-bond donors (Lipinski definition) is 2. The smallest absolute Gasteiger partial charge is 0.475 e. The minimum atomic E-state index is -5.08. The molecule has 4 rings (SSSR count). The predicted octanol–water partition coefficient (Wildman–Crippen LogP) is 3.22. The highest BCUT2D eigenvalue weighted by atomic mass is 19.4. The molecule has 2 aromatic rings. The molecule has 0 amide bonds. The SMILES string of the molecule is Cc1noc([C@@H]2CCCO[C@H]2C2CCN(Cc3[nH]ncc3C)CC2)n1.O=C(O)C(F)(F)F. The number of aromatic amines is 1. The molecule has 9 nitrogen and oxygen atoms in total. The number of aliphatic carboxylic acids is 1. The van der Waals surface area contributed by atoms with Gasteiger partial charge in [-0.2, -0.15) is 23.3 Å². The van der Waals surface area contributed by atoms with E-state index in [-0.39, 0.29) is 12.0 Å². The molecule has 12 heteroatoms. The van der Waals surface area contributed by atoms with E-state index in [1.165, 1.54) is 11.3 Å². The Balaban J connectivity index is 0.000000360. The number of aromatic nitrogens is 4. The Morgan fingerprint density at radius 3 is 2.50 bits per heavy atom. The van der Waals surface area contributed by atoms with Crippen LogP contribution in [0.4, 0.5) is 13.2 Å². The van der Waals surface area contributed by atoms with Crippen LogP contribution in [0.5, 0.6) is 0 Å². The molecule has 2 saturated heterocycles. The number of nitrogens with one attached hydrogen (secondary N) is 1. The summed E-state index contributed by atoms with van der Waals surface area (Å²) in [5, 5.41) is 18.3. The number of alkyl halides is 3. The van der Waals surface area contributed by atoms with Crippen molar-refractivity contribution >= 4 is 5.97 Å². The number of ether oxygens (including phenoxy) is 1. The molecule has 2 aromatic heterocycles. The highest BCUT2D eigenvalue weighted by molar-refractivity contribution is 5.73. The van der Waals surface area contributed by atoms with E-state index < -0.39 is 12.1 Å². The van der Waals surface area contributed by atoms with E-state index in [1.54, 1.807) is 0 Å². The summed E-state index contributed by atoms with van der Waals surface area (Å²) < 4.78 is 43.4. The van der Waals surface area contributed by atoms with E-state index in [9.17, 15) is 13.2 Å². The number of H-pyrrole nitrogens is 1. The number of halogens is 3. The van der Waals surface area contributed by atoms with Crippen molar-refractivity contribution < 1.29 is 32.3 Å². The topological polar surface area (TPSA) is 117 Å². The van der Waals surface area contributed by atoms with Crippen LogP contribution < -0.4 is 0 Å². The van der Waals surface area contributed by atoms with Crippen LogP contribution in [0.2, 0.25) is 0 Å². The first kappa shape index (κ1) is 24.2. The van der Waals surface area contributed by atoms with E-state index in [1.807, 2.05) is 13.1 Å². The minimum Gasteiger partial charge on any atom is -0.475 e. The van der Waals surface area contributed by atoms with Crippen molar-refractivity contribution in [2.24, 2.45) is 5.92 Å². The van der Waals surface area contributed by atoms with E-state index in [0.717, 1.165) is 57.8 Å². The number of aryl methyl sites for hydroxylation is 2. The van der Waals surface area contributed by atoms with Gasteiger partial charge < -0.3 is 14.4 Å². The lowest BCUT2D eigenvalue weighted by Crippen LogP contribution is -2.42. The molecule has 4 heterocycles. The number of carboxylic acids is 1. The standard InChI is InChI=1S/C18H27N5O2.C2HF3O2/c1-12-10-19-21-16(12)11-23-7-5-14(6-8-23)17-15(4-3-9-24-17)18-20-13(2)22-25-18;3-2(4,5)1(6)7/h10,14-15,17H,3-9,11H2,1-2H3,(H,19,21);(H,6,7)/t15-,17+;/m1./s1. The zero-order chi connectivity index (χ0) is 23.3. The number of piperidine rings is 1. The molecule has 2 fully saturated rings. The number of rotatable bonds is 4. The van der Waals surface area contributed by atoms with Crippen LogP contribution in [-0.4, -0.2) is 68.3 Å². The second-order valence-electron chi connectivity index (χ2n) is 8.21. The van der Waals surface area contributed by atoms with Crippen LogP contribution >= 0.6 is 0 Å². The maximum absolute atomic E-state index is 10.6. The molecular weight excluding hydrogens is 431 g/mol. The normalized spacial score (nSPS) is 22.9. The van der Waals surface area contributed by atoms with Crippen LogP contribution in [0, 0.1) is 19.8 Å². The second-order valence-corrected chi connectivity index (χ2v) is 8.21. The van der Waals surface area contributed by atoms with Crippen molar-refractivity contribution in [1.82, 2.24) is 25.2 Å². The Labute approximate surface area is 183 Å². The summed E-state index contributed by atoms with van der Waals surface area (Å²) in [5.41, 5.74) is 2.47. The molecule has 2 aliphatic rings. The molecule has 0 bridgehead atoms. The van der Waals surface area contributed by atoms with E-state index in [2.05, 4.69) is 32.2 Å². The van der Waals surface area contributed by atoms with Gasteiger partial charge in [-0.3, -0.25) is 10.00 Å². The Morgan fingerprint density at radius 1 is 1.28 bits per heavy atom. The van der Waals surface area contributed by atoms with Gasteiger partial charge in [0.05, 0.1) is 23.9 Å². The molecule has 0 radical (unpaired) electrons. The van der Waals surface area contributed by atoms with Gasteiger partial charge in [-0.25, -0.2) is 4.79 Å². The van der Waals surface area contributed by atoms with Crippen molar-refractivity contribution in [2.75, 3.05) is 19.7 Å². The lowest BCUT2D eigenvalue weighted by Gasteiger charge is -2.40. The van der Waals surface area contributed by atoms with Crippen molar-refractivity contribution in [1.29, 1.82) is 0 Å². The van der Waals surface area contributed by atoms with Gasteiger partial charge in [0, 0.05) is 13.2 Å². The lowest BCUT2D eigenvalue weighted by molar-refractivity contribution is -0.192. The van der Waals surface area contributed by atoms with E-state index in [4.69, 9.17) is 19.2 Å². The fourth-order valence-electron chi connectivity index (χ4n) is 4.19. The van der Waals surface area contributed by atoms with Crippen LogP contribution in [0.1, 0.15) is 54.6 Å². The largest absolute Gasteiger partial charge is 0.490 e. The summed E-state index contributed by atoms with van der Waals surface area (Å²) in [5.74, 6) is -0.466. The molecule has 32 heavy (non-hydrogen) atoms. The first-order valence-corrected chi connectivity index (χ1v) is 10.6. The highest BCUT2D eigenvalue weighted by Crippen LogP contribution is 2.38. The third-order valence-electron chi connectivity index (χ3n) is 5.88. The number of carboxylic acid groups (broad SMARTS) is 1. The number of nitrogens with zero attached hydrogens (tertiary/aromatic N) is 4. The maximum atomic E-state index is 10.6. The van der Waals surface area contributed by atoms with Crippen molar-refractivity contribution in [3.8, 4) is 0 Å². The molecule has 0 saturated carbocycles.